The largest absolute Gasteiger partial charge is 0.297 e. The molecule has 7 heteroatoms. The molecule has 0 aliphatic heterocycles. The smallest absolute Gasteiger partial charge is 0.161 e. The number of carbonyl (C=O) groups excluding carboxylic acids is 1. The molecule has 0 saturated carbocycles. The van der Waals surface area contributed by atoms with Crippen LogP contribution >= 0.6 is 45.3 Å². The predicted octanol–water partition coefficient (Wildman–Crippen LogP) is 5.56. The van der Waals surface area contributed by atoms with Crippen LogP contribution in [0.3, 0.4) is 0 Å². The Bertz CT molecular complexity index is 770. The van der Waals surface area contributed by atoms with Crippen LogP contribution in [0.5, 0.6) is 0 Å². The minimum atomic E-state index is 0.679. The van der Waals surface area contributed by atoms with E-state index in [-0.39, 0.29) is 0 Å². The number of hydrogen-bond acceptors (Lipinski definition) is 7. The SMILES string of the molecule is O=Cc1cnc(-c2cccs2)s1.c1csc(-c2nccs2)c1. The molecule has 0 aliphatic rings. The maximum Gasteiger partial charge on any atom is 0.161 e. The molecule has 4 rings (SSSR count). The van der Waals surface area contributed by atoms with Crippen LogP contribution in [-0.4, -0.2) is 16.3 Å². The highest BCUT2D eigenvalue weighted by molar-refractivity contribution is 7.21. The van der Waals surface area contributed by atoms with Crippen molar-refractivity contribution >= 4 is 51.6 Å². The lowest BCUT2D eigenvalue weighted by molar-refractivity contribution is 0.112. The Kier molecular flexibility index (Phi) is 5.23. The van der Waals surface area contributed by atoms with Crippen molar-refractivity contribution in [2.45, 2.75) is 0 Å². The molecule has 3 nitrogen and oxygen atoms in total. The number of thiazole rings is 2. The Balaban J connectivity index is 0.000000133. The average Bonchev–Trinajstić information content (AvgIpc) is 3.38. The molecule has 0 amide bonds. The molecule has 0 aliphatic carbocycles. The zero-order valence-electron chi connectivity index (χ0n) is 11.2. The number of thiophene rings is 2. The fourth-order valence-corrected chi connectivity index (χ4v) is 4.59. The first kappa shape index (κ1) is 15.2. The third-order valence-corrected chi connectivity index (χ3v) is 6.31. The van der Waals surface area contributed by atoms with Gasteiger partial charge in [0.25, 0.3) is 0 Å². The second kappa shape index (κ2) is 7.55. The van der Waals surface area contributed by atoms with E-state index in [1.165, 1.54) is 16.2 Å². The van der Waals surface area contributed by atoms with Crippen molar-refractivity contribution in [3.8, 4) is 19.8 Å². The highest BCUT2D eigenvalue weighted by Crippen LogP contribution is 2.28. The van der Waals surface area contributed by atoms with Crippen molar-refractivity contribution < 1.29 is 4.79 Å². The van der Waals surface area contributed by atoms with E-state index in [0.717, 1.165) is 21.2 Å². The van der Waals surface area contributed by atoms with E-state index in [1.807, 2.05) is 35.2 Å². The van der Waals surface area contributed by atoms with Crippen LogP contribution in [0.25, 0.3) is 19.8 Å². The molecule has 0 bridgehead atoms. The first-order valence-corrected chi connectivity index (χ1v) is 9.70. The fraction of sp³-hybridized carbons (Fsp3) is 0. The summed E-state index contributed by atoms with van der Waals surface area (Å²) < 4.78 is 0. The number of hydrogen-bond donors (Lipinski definition) is 0. The standard InChI is InChI=1S/C8H5NOS2.C7H5NS2/c10-5-6-4-9-8(12-6)7-2-1-3-11-7;1-2-6(9-4-1)7-8-3-5-10-7/h1-5H;1-5H. The van der Waals surface area contributed by atoms with Gasteiger partial charge in [-0.2, -0.15) is 0 Å². The second-order valence-electron chi connectivity index (χ2n) is 3.98. The average molecular weight is 363 g/mol. The minimum absolute atomic E-state index is 0.679. The molecule has 110 valence electrons. The molecule has 0 radical (unpaired) electrons. The van der Waals surface area contributed by atoms with Crippen molar-refractivity contribution in [2.75, 3.05) is 0 Å². The summed E-state index contributed by atoms with van der Waals surface area (Å²) in [6, 6.07) is 8.10. The zero-order chi connectivity index (χ0) is 15.2. The molecule has 4 heterocycles. The van der Waals surface area contributed by atoms with E-state index in [1.54, 1.807) is 40.2 Å². The van der Waals surface area contributed by atoms with Gasteiger partial charge in [-0.25, -0.2) is 9.97 Å². The fourth-order valence-electron chi connectivity index (χ4n) is 1.60. The van der Waals surface area contributed by atoms with Gasteiger partial charge in [-0.1, -0.05) is 12.1 Å². The highest BCUT2D eigenvalue weighted by atomic mass is 32.1. The summed E-state index contributed by atoms with van der Waals surface area (Å²) in [6.07, 6.45) is 4.27. The molecular weight excluding hydrogens is 352 g/mol. The lowest BCUT2D eigenvalue weighted by Crippen LogP contribution is -1.64. The van der Waals surface area contributed by atoms with E-state index >= 15 is 0 Å². The first-order chi connectivity index (χ1) is 10.9. The van der Waals surface area contributed by atoms with Crippen LogP contribution in [0.15, 0.2) is 52.8 Å². The van der Waals surface area contributed by atoms with Crippen LogP contribution in [-0.2, 0) is 0 Å². The van der Waals surface area contributed by atoms with E-state index < -0.39 is 0 Å². The predicted molar refractivity (Wildman–Crippen MR) is 96.2 cm³/mol. The van der Waals surface area contributed by atoms with Gasteiger partial charge in [0.2, 0.25) is 0 Å². The number of nitrogens with zero attached hydrogens (tertiary/aromatic N) is 2. The van der Waals surface area contributed by atoms with Crippen LogP contribution < -0.4 is 0 Å². The van der Waals surface area contributed by atoms with Crippen molar-refractivity contribution in [1.82, 2.24) is 9.97 Å². The van der Waals surface area contributed by atoms with Gasteiger partial charge < -0.3 is 0 Å². The summed E-state index contributed by atoms with van der Waals surface area (Å²) >= 11 is 6.46. The number of aldehydes is 1. The summed E-state index contributed by atoms with van der Waals surface area (Å²) in [5, 5.41) is 8.10. The molecule has 0 spiro atoms. The molecule has 4 aromatic heterocycles. The molecule has 22 heavy (non-hydrogen) atoms. The molecule has 0 N–H and O–H groups in total. The Hall–Kier alpha value is -1.67. The Labute approximate surface area is 143 Å². The normalized spacial score (nSPS) is 10.0. The molecule has 0 saturated heterocycles. The van der Waals surface area contributed by atoms with Gasteiger partial charge in [-0.3, -0.25) is 4.79 Å². The van der Waals surface area contributed by atoms with Gasteiger partial charge in [-0.05, 0) is 22.9 Å². The van der Waals surface area contributed by atoms with Gasteiger partial charge >= 0.3 is 0 Å². The van der Waals surface area contributed by atoms with Crippen molar-refractivity contribution in [2.24, 2.45) is 0 Å². The summed E-state index contributed by atoms with van der Waals surface area (Å²) in [4.78, 5) is 21.7. The van der Waals surface area contributed by atoms with Crippen LogP contribution in [0.1, 0.15) is 9.67 Å². The molecule has 0 fully saturated rings. The summed E-state index contributed by atoms with van der Waals surface area (Å²) in [6.45, 7) is 0. The number of rotatable bonds is 3. The topological polar surface area (TPSA) is 42.9 Å². The third-order valence-electron chi connectivity index (χ3n) is 2.54. The molecular formula is C15H10N2OS4. The quantitative estimate of drug-likeness (QED) is 0.448. The van der Waals surface area contributed by atoms with E-state index in [0.29, 0.717) is 4.88 Å². The Morgan fingerprint density at radius 1 is 0.864 bits per heavy atom. The van der Waals surface area contributed by atoms with Crippen LogP contribution in [0.2, 0.25) is 0 Å². The third kappa shape index (κ3) is 3.75. The van der Waals surface area contributed by atoms with Gasteiger partial charge in [0.05, 0.1) is 14.6 Å². The van der Waals surface area contributed by atoms with Crippen molar-refractivity contribution in [3.63, 3.8) is 0 Å². The van der Waals surface area contributed by atoms with Gasteiger partial charge in [-0.15, -0.1) is 45.3 Å². The van der Waals surface area contributed by atoms with Gasteiger partial charge in [0, 0.05) is 17.8 Å². The molecule has 4 aromatic rings. The lowest BCUT2D eigenvalue weighted by Gasteiger charge is -1.83. The Morgan fingerprint density at radius 3 is 2.09 bits per heavy atom. The number of carbonyl (C=O) groups is 1. The molecule has 0 unspecified atom stereocenters. The maximum absolute atomic E-state index is 10.4. The summed E-state index contributed by atoms with van der Waals surface area (Å²) in [7, 11) is 0. The maximum atomic E-state index is 10.4. The van der Waals surface area contributed by atoms with Gasteiger partial charge in [0.1, 0.15) is 10.0 Å². The van der Waals surface area contributed by atoms with Crippen molar-refractivity contribution in [1.29, 1.82) is 0 Å². The molecule has 0 aromatic carbocycles. The highest BCUT2D eigenvalue weighted by Gasteiger charge is 2.03. The Morgan fingerprint density at radius 2 is 1.59 bits per heavy atom. The first-order valence-electron chi connectivity index (χ1n) is 6.25. The number of aromatic nitrogens is 2. The lowest BCUT2D eigenvalue weighted by atomic mass is 10.5. The van der Waals surface area contributed by atoms with Crippen LogP contribution in [0, 0.1) is 0 Å². The van der Waals surface area contributed by atoms with E-state index in [9.17, 15) is 4.79 Å². The van der Waals surface area contributed by atoms with Gasteiger partial charge in [0.15, 0.2) is 6.29 Å². The second-order valence-corrected chi connectivity index (χ2v) is 7.83. The summed E-state index contributed by atoms with van der Waals surface area (Å²) in [5.74, 6) is 0. The summed E-state index contributed by atoms with van der Waals surface area (Å²) in [5.41, 5.74) is 0. The minimum Gasteiger partial charge on any atom is -0.297 e. The van der Waals surface area contributed by atoms with Crippen molar-refractivity contribution in [3.05, 3.63) is 57.7 Å². The molecule has 0 atom stereocenters. The van der Waals surface area contributed by atoms with E-state index in [4.69, 9.17) is 0 Å². The van der Waals surface area contributed by atoms with E-state index in [2.05, 4.69) is 21.4 Å². The van der Waals surface area contributed by atoms with Crippen LogP contribution in [0.4, 0.5) is 0 Å². The monoisotopic (exact) mass is 362 g/mol. The zero-order valence-corrected chi connectivity index (χ0v) is 14.5.